The Morgan fingerprint density at radius 2 is 2.25 bits per heavy atom. The Bertz CT molecular complexity index is 544. The highest BCUT2D eigenvalue weighted by Crippen LogP contribution is 2.23. The molecule has 4 nitrogen and oxygen atoms in total. The van der Waals surface area contributed by atoms with E-state index in [1.165, 1.54) is 17.0 Å². The number of aliphatic carboxylic acids is 1. The van der Waals surface area contributed by atoms with Crippen molar-refractivity contribution in [1.29, 1.82) is 0 Å². The molecule has 1 aliphatic rings. The molecular formula is C15H16FNO3. The molecular weight excluding hydrogens is 261 g/mol. The third-order valence-electron chi connectivity index (χ3n) is 3.55. The van der Waals surface area contributed by atoms with Crippen LogP contribution in [0.25, 0.3) is 0 Å². The first-order valence-electron chi connectivity index (χ1n) is 6.41. The molecule has 1 amide bonds. The topological polar surface area (TPSA) is 57.6 Å². The van der Waals surface area contributed by atoms with Crippen LogP contribution < -0.4 is 0 Å². The highest BCUT2D eigenvalue weighted by Gasteiger charge is 2.36. The number of hydrogen-bond donors (Lipinski definition) is 1. The average Bonchev–Trinajstić information content (AvgIpc) is 2.78. The molecule has 1 saturated heterocycles. The van der Waals surface area contributed by atoms with Gasteiger partial charge in [-0.05, 0) is 11.6 Å². The van der Waals surface area contributed by atoms with Crippen LogP contribution in [0.15, 0.2) is 36.9 Å². The zero-order valence-corrected chi connectivity index (χ0v) is 11.0. The van der Waals surface area contributed by atoms with Gasteiger partial charge >= 0.3 is 5.97 Å². The van der Waals surface area contributed by atoms with Crippen molar-refractivity contribution >= 4 is 11.9 Å². The first kappa shape index (κ1) is 14.2. The minimum atomic E-state index is -1.12. The standard InChI is InChI=1S/C15H16FNO3/c1-2-10-7-14(18)17(9-10)13(15(19)20)8-11-5-3-4-6-12(11)16/h2-6,10,13H,1,7-9H2,(H,19,20)/t10?,13-/m1/s1. The molecule has 1 unspecified atom stereocenters. The first-order valence-corrected chi connectivity index (χ1v) is 6.41. The Hall–Kier alpha value is -2.17. The minimum Gasteiger partial charge on any atom is -0.480 e. The van der Waals surface area contributed by atoms with E-state index in [1.54, 1.807) is 18.2 Å². The van der Waals surface area contributed by atoms with Crippen LogP contribution >= 0.6 is 0 Å². The van der Waals surface area contributed by atoms with Gasteiger partial charge in [0.25, 0.3) is 0 Å². The van der Waals surface area contributed by atoms with Crippen LogP contribution in [0.4, 0.5) is 4.39 Å². The number of hydrogen-bond acceptors (Lipinski definition) is 2. The largest absolute Gasteiger partial charge is 0.480 e. The maximum Gasteiger partial charge on any atom is 0.326 e. The Balaban J connectivity index is 2.20. The smallest absolute Gasteiger partial charge is 0.326 e. The number of carbonyl (C=O) groups excluding carboxylic acids is 1. The van der Waals surface area contributed by atoms with Crippen molar-refractivity contribution < 1.29 is 19.1 Å². The number of carbonyl (C=O) groups is 2. The van der Waals surface area contributed by atoms with Gasteiger partial charge in [-0.25, -0.2) is 9.18 Å². The second kappa shape index (κ2) is 5.86. The molecule has 106 valence electrons. The van der Waals surface area contributed by atoms with Crippen LogP contribution in [-0.2, 0) is 16.0 Å². The molecule has 1 N–H and O–H groups in total. The van der Waals surface area contributed by atoms with E-state index in [0.29, 0.717) is 12.1 Å². The van der Waals surface area contributed by atoms with Crippen molar-refractivity contribution in [2.45, 2.75) is 18.9 Å². The highest BCUT2D eigenvalue weighted by atomic mass is 19.1. The molecule has 0 saturated carbocycles. The summed E-state index contributed by atoms with van der Waals surface area (Å²) in [5, 5.41) is 9.32. The second-order valence-corrected chi connectivity index (χ2v) is 4.90. The number of benzene rings is 1. The zero-order valence-electron chi connectivity index (χ0n) is 11.0. The van der Waals surface area contributed by atoms with Crippen molar-refractivity contribution in [3.8, 4) is 0 Å². The molecule has 1 aliphatic heterocycles. The van der Waals surface area contributed by atoms with E-state index in [0.717, 1.165) is 0 Å². The molecule has 1 aromatic carbocycles. The summed E-state index contributed by atoms with van der Waals surface area (Å²) in [5.74, 6) is -1.83. The number of halogens is 1. The molecule has 2 atom stereocenters. The lowest BCUT2D eigenvalue weighted by atomic mass is 10.0. The minimum absolute atomic E-state index is 0.0301. The fraction of sp³-hybridized carbons (Fsp3) is 0.333. The summed E-state index contributed by atoms with van der Waals surface area (Å²) >= 11 is 0. The lowest BCUT2D eigenvalue weighted by Gasteiger charge is -2.24. The molecule has 0 bridgehead atoms. The number of amides is 1. The Labute approximate surface area is 116 Å². The van der Waals surface area contributed by atoms with E-state index < -0.39 is 17.8 Å². The Kier molecular flexibility index (Phi) is 4.17. The van der Waals surface area contributed by atoms with Crippen molar-refractivity contribution in [2.75, 3.05) is 6.54 Å². The highest BCUT2D eigenvalue weighted by molar-refractivity contribution is 5.85. The van der Waals surface area contributed by atoms with Crippen LogP contribution in [0, 0.1) is 11.7 Å². The monoisotopic (exact) mass is 277 g/mol. The summed E-state index contributed by atoms with van der Waals surface area (Å²) in [5.41, 5.74) is 0.301. The second-order valence-electron chi connectivity index (χ2n) is 4.90. The van der Waals surface area contributed by atoms with E-state index in [4.69, 9.17) is 0 Å². The predicted octanol–water partition coefficient (Wildman–Crippen LogP) is 1.86. The number of carboxylic acids is 1. The van der Waals surface area contributed by atoms with Crippen molar-refractivity contribution in [3.05, 3.63) is 48.3 Å². The summed E-state index contributed by atoms with van der Waals surface area (Å²) in [6.07, 6.45) is 1.89. The maximum atomic E-state index is 13.6. The number of carboxylic acid groups (broad SMARTS) is 1. The number of nitrogens with zero attached hydrogens (tertiary/aromatic N) is 1. The maximum absolute atomic E-state index is 13.6. The van der Waals surface area contributed by atoms with Crippen LogP contribution in [0.2, 0.25) is 0 Å². The Morgan fingerprint density at radius 3 is 2.80 bits per heavy atom. The van der Waals surface area contributed by atoms with Gasteiger partial charge in [0.2, 0.25) is 5.91 Å². The lowest BCUT2D eigenvalue weighted by Crippen LogP contribution is -2.43. The lowest BCUT2D eigenvalue weighted by molar-refractivity contribution is -0.148. The van der Waals surface area contributed by atoms with Crippen LogP contribution in [0.5, 0.6) is 0 Å². The van der Waals surface area contributed by atoms with Gasteiger partial charge in [0.05, 0.1) is 0 Å². The van der Waals surface area contributed by atoms with Crippen LogP contribution in [0.3, 0.4) is 0 Å². The van der Waals surface area contributed by atoms with Crippen molar-refractivity contribution in [2.24, 2.45) is 5.92 Å². The fourth-order valence-corrected chi connectivity index (χ4v) is 2.42. The molecule has 2 rings (SSSR count). The van der Waals surface area contributed by atoms with Gasteiger partial charge in [0, 0.05) is 25.3 Å². The summed E-state index contributed by atoms with van der Waals surface area (Å²) in [4.78, 5) is 24.6. The van der Waals surface area contributed by atoms with Gasteiger partial charge < -0.3 is 10.0 Å². The molecule has 1 fully saturated rings. The molecule has 1 heterocycles. The van der Waals surface area contributed by atoms with Crippen molar-refractivity contribution in [1.82, 2.24) is 4.90 Å². The van der Waals surface area contributed by atoms with E-state index >= 15 is 0 Å². The summed E-state index contributed by atoms with van der Waals surface area (Å²) in [7, 11) is 0. The summed E-state index contributed by atoms with van der Waals surface area (Å²) in [6.45, 7) is 3.95. The van der Waals surface area contributed by atoms with Gasteiger partial charge in [0.1, 0.15) is 11.9 Å². The molecule has 0 radical (unpaired) electrons. The predicted molar refractivity (Wildman–Crippen MR) is 71.5 cm³/mol. The fourth-order valence-electron chi connectivity index (χ4n) is 2.42. The number of rotatable bonds is 5. The zero-order chi connectivity index (χ0) is 14.7. The molecule has 1 aromatic rings. The van der Waals surface area contributed by atoms with Crippen LogP contribution in [-0.4, -0.2) is 34.5 Å². The van der Waals surface area contributed by atoms with Gasteiger partial charge in [-0.15, -0.1) is 6.58 Å². The third-order valence-corrected chi connectivity index (χ3v) is 3.55. The Morgan fingerprint density at radius 1 is 1.55 bits per heavy atom. The first-order chi connectivity index (χ1) is 9.52. The molecule has 0 aliphatic carbocycles. The number of likely N-dealkylation sites (tertiary alicyclic amines) is 1. The van der Waals surface area contributed by atoms with E-state index in [9.17, 15) is 19.1 Å². The van der Waals surface area contributed by atoms with Gasteiger partial charge in [-0.1, -0.05) is 24.3 Å². The molecule has 0 spiro atoms. The van der Waals surface area contributed by atoms with E-state index in [1.807, 2.05) is 0 Å². The summed E-state index contributed by atoms with van der Waals surface area (Å²) < 4.78 is 13.6. The third kappa shape index (κ3) is 2.87. The molecule has 5 heteroatoms. The van der Waals surface area contributed by atoms with E-state index in [2.05, 4.69) is 6.58 Å². The molecule has 20 heavy (non-hydrogen) atoms. The van der Waals surface area contributed by atoms with E-state index in [-0.39, 0.29) is 24.7 Å². The SMILES string of the molecule is C=CC1CC(=O)N([C@H](Cc2ccccc2F)C(=O)O)C1. The quantitative estimate of drug-likeness (QED) is 0.836. The van der Waals surface area contributed by atoms with Gasteiger partial charge in [0.15, 0.2) is 0 Å². The normalized spacial score (nSPS) is 19.9. The molecule has 0 aromatic heterocycles. The summed E-state index contributed by atoms with van der Waals surface area (Å²) in [6, 6.07) is 4.98. The van der Waals surface area contributed by atoms with Crippen molar-refractivity contribution in [3.63, 3.8) is 0 Å². The van der Waals surface area contributed by atoms with Gasteiger partial charge in [-0.2, -0.15) is 0 Å². The van der Waals surface area contributed by atoms with Gasteiger partial charge in [-0.3, -0.25) is 4.79 Å². The van der Waals surface area contributed by atoms with Crippen LogP contribution in [0.1, 0.15) is 12.0 Å². The average molecular weight is 277 g/mol.